The molecule has 0 bridgehead atoms. The standard InChI is InChI=1S/C22H31N2.HI/c1-4-24(5-2)16-14-23(15-17-24)22(20-11-7-6-8-12-20)21-13-9-10-19(3)18-21;/h6-13,18,22H,4-5,14-17H2,1-3H3;1H/q+1;/p-1. The molecule has 1 aliphatic heterocycles. The molecule has 1 fully saturated rings. The van der Waals surface area contributed by atoms with Crippen LogP contribution < -0.4 is 24.0 Å². The van der Waals surface area contributed by atoms with E-state index in [4.69, 9.17) is 0 Å². The molecule has 0 aromatic heterocycles. The second-order valence-electron chi connectivity index (χ2n) is 7.18. The molecular formula is C22H31IN2. The van der Waals surface area contributed by atoms with Gasteiger partial charge in [0.2, 0.25) is 0 Å². The van der Waals surface area contributed by atoms with Crippen molar-refractivity contribution in [2.24, 2.45) is 0 Å². The van der Waals surface area contributed by atoms with Crippen molar-refractivity contribution in [2.45, 2.75) is 26.8 Å². The Morgan fingerprint density at radius 1 is 0.880 bits per heavy atom. The highest BCUT2D eigenvalue weighted by Crippen LogP contribution is 2.31. The van der Waals surface area contributed by atoms with Gasteiger partial charge in [-0.15, -0.1) is 0 Å². The van der Waals surface area contributed by atoms with E-state index in [1.54, 1.807) is 0 Å². The molecule has 2 aromatic rings. The Morgan fingerprint density at radius 3 is 2.04 bits per heavy atom. The molecule has 1 saturated heterocycles. The molecule has 0 amide bonds. The smallest absolute Gasteiger partial charge is 0.0916 e. The molecule has 0 radical (unpaired) electrons. The highest BCUT2D eigenvalue weighted by Gasteiger charge is 2.33. The van der Waals surface area contributed by atoms with E-state index >= 15 is 0 Å². The zero-order valence-corrected chi connectivity index (χ0v) is 17.9. The molecular weight excluding hydrogens is 419 g/mol. The lowest BCUT2D eigenvalue weighted by molar-refractivity contribution is -0.929. The summed E-state index contributed by atoms with van der Waals surface area (Å²) < 4.78 is 1.27. The quantitative estimate of drug-likeness (QED) is 0.490. The molecule has 3 rings (SSSR count). The van der Waals surface area contributed by atoms with Crippen LogP contribution in [0.1, 0.15) is 36.6 Å². The number of quaternary nitrogens is 1. The summed E-state index contributed by atoms with van der Waals surface area (Å²) >= 11 is 0. The van der Waals surface area contributed by atoms with Crippen molar-refractivity contribution in [1.29, 1.82) is 0 Å². The van der Waals surface area contributed by atoms with Gasteiger partial charge < -0.3 is 28.5 Å². The fourth-order valence-electron chi connectivity index (χ4n) is 4.11. The van der Waals surface area contributed by atoms with Gasteiger partial charge >= 0.3 is 0 Å². The van der Waals surface area contributed by atoms with Crippen molar-refractivity contribution in [3.8, 4) is 0 Å². The molecule has 0 spiro atoms. The van der Waals surface area contributed by atoms with E-state index in [1.165, 1.54) is 60.4 Å². The Labute approximate surface area is 170 Å². The lowest BCUT2D eigenvalue weighted by atomic mass is 9.95. The van der Waals surface area contributed by atoms with Crippen molar-refractivity contribution in [3.63, 3.8) is 0 Å². The fraction of sp³-hybridized carbons (Fsp3) is 0.455. The van der Waals surface area contributed by atoms with E-state index in [9.17, 15) is 0 Å². The van der Waals surface area contributed by atoms with Gasteiger partial charge in [-0.1, -0.05) is 60.2 Å². The molecule has 0 saturated carbocycles. The van der Waals surface area contributed by atoms with Gasteiger partial charge in [0.05, 0.1) is 32.2 Å². The van der Waals surface area contributed by atoms with Crippen LogP contribution in [0.3, 0.4) is 0 Å². The van der Waals surface area contributed by atoms with Gasteiger partial charge in [-0.2, -0.15) is 0 Å². The van der Waals surface area contributed by atoms with E-state index < -0.39 is 0 Å². The van der Waals surface area contributed by atoms with E-state index in [0.29, 0.717) is 6.04 Å². The van der Waals surface area contributed by atoms with Crippen molar-refractivity contribution < 1.29 is 28.5 Å². The van der Waals surface area contributed by atoms with Crippen LogP contribution in [-0.4, -0.2) is 48.7 Å². The lowest BCUT2D eigenvalue weighted by Gasteiger charge is -2.46. The lowest BCUT2D eigenvalue weighted by Crippen LogP contribution is -3.00. The third kappa shape index (κ3) is 4.63. The minimum Gasteiger partial charge on any atom is -1.00 e. The molecule has 1 atom stereocenters. The van der Waals surface area contributed by atoms with E-state index in [1.807, 2.05) is 0 Å². The molecule has 1 aliphatic rings. The maximum Gasteiger partial charge on any atom is 0.0916 e. The molecule has 25 heavy (non-hydrogen) atoms. The molecule has 2 aromatic carbocycles. The summed E-state index contributed by atoms with van der Waals surface area (Å²) in [4.78, 5) is 2.69. The van der Waals surface area contributed by atoms with Crippen LogP contribution in [0.2, 0.25) is 0 Å². The number of hydrogen-bond donors (Lipinski definition) is 0. The van der Waals surface area contributed by atoms with E-state index in [2.05, 4.69) is 80.3 Å². The van der Waals surface area contributed by atoms with Gasteiger partial charge in [0.25, 0.3) is 0 Å². The summed E-state index contributed by atoms with van der Waals surface area (Å²) in [7, 11) is 0. The summed E-state index contributed by atoms with van der Waals surface area (Å²) in [6.07, 6.45) is 0. The number of benzene rings is 2. The Balaban J connectivity index is 0.00000225. The highest BCUT2D eigenvalue weighted by molar-refractivity contribution is 5.34. The second kappa shape index (κ2) is 9.15. The number of halogens is 1. The first-order valence-electron chi connectivity index (χ1n) is 9.38. The van der Waals surface area contributed by atoms with Crippen molar-refractivity contribution in [3.05, 3.63) is 71.3 Å². The number of nitrogens with zero attached hydrogens (tertiary/aromatic N) is 2. The van der Waals surface area contributed by atoms with Crippen molar-refractivity contribution >= 4 is 0 Å². The fourth-order valence-corrected chi connectivity index (χ4v) is 4.11. The van der Waals surface area contributed by atoms with Gasteiger partial charge in [-0.3, -0.25) is 4.90 Å². The minimum absolute atomic E-state index is 0. The first kappa shape index (κ1) is 20.4. The predicted octanol–water partition coefficient (Wildman–Crippen LogP) is 1.26. The normalized spacial score (nSPS) is 18.4. The van der Waals surface area contributed by atoms with Gasteiger partial charge in [0.1, 0.15) is 0 Å². The number of rotatable bonds is 5. The van der Waals surface area contributed by atoms with Crippen molar-refractivity contribution in [2.75, 3.05) is 39.3 Å². The summed E-state index contributed by atoms with van der Waals surface area (Å²) in [5, 5.41) is 0. The van der Waals surface area contributed by atoms with Crippen LogP contribution in [-0.2, 0) is 0 Å². The van der Waals surface area contributed by atoms with Crippen LogP contribution in [0.25, 0.3) is 0 Å². The summed E-state index contributed by atoms with van der Waals surface area (Å²) in [6.45, 7) is 14.3. The highest BCUT2D eigenvalue weighted by atomic mass is 127. The maximum atomic E-state index is 2.69. The maximum absolute atomic E-state index is 2.69. The summed E-state index contributed by atoms with van der Waals surface area (Å²) in [5.41, 5.74) is 4.18. The largest absolute Gasteiger partial charge is 1.00 e. The average Bonchev–Trinajstić information content (AvgIpc) is 2.64. The number of likely N-dealkylation sites (N-methyl/N-ethyl adjacent to an activating group) is 1. The average molecular weight is 450 g/mol. The summed E-state index contributed by atoms with van der Waals surface area (Å²) in [5.74, 6) is 0. The van der Waals surface area contributed by atoms with Crippen molar-refractivity contribution in [1.82, 2.24) is 4.90 Å². The van der Waals surface area contributed by atoms with Gasteiger partial charge in [-0.05, 0) is 31.9 Å². The van der Waals surface area contributed by atoms with Crippen LogP contribution in [0.4, 0.5) is 0 Å². The van der Waals surface area contributed by atoms with Gasteiger partial charge in [-0.25, -0.2) is 0 Å². The summed E-state index contributed by atoms with van der Waals surface area (Å²) in [6, 6.07) is 20.4. The predicted molar refractivity (Wildman–Crippen MR) is 102 cm³/mol. The molecule has 136 valence electrons. The first-order chi connectivity index (χ1) is 11.7. The van der Waals surface area contributed by atoms with E-state index in [0.717, 1.165) is 0 Å². The zero-order valence-electron chi connectivity index (χ0n) is 15.8. The number of aryl methyl sites for hydroxylation is 1. The van der Waals surface area contributed by atoms with E-state index in [-0.39, 0.29) is 24.0 Å². The molecule has 3 heteroatoms. The Morgan fingerprint density at radius 2 is 1.48 bits per heavy atom. The molecule has 0 N–H and O–H groups in total. The Bertz CT molecular complexity index is 642. The van der Waals surface area contributed by atoms with Crippen LogP contribution >= 0.6 is 0 Å². The Kier molecular flexibility index (Phi) is 7.47. The number of hydrogen-bond acceptors (Lipinski definition) is 1. The van der Waals surface area contributed by atoms with Crippen LogP contribution in [0, 0.1) is 6.92 Å². The monoisotopic (exact) mass is 450 g/mol. The third-order valence-corrected chi connectivity index (χ3v) is 5.90. The van der Waals surface area contributed by atoms with Crippen LogP contribution in [0.5, 0.6) is 0 Å². The third-order valence-electron chi connectivity index (χ3n) is 5.90. The zero-order chi connectivity index (χ0) is 17.0. The first-order valence-corrected chi connectivity index (χ1v) is 9.38. The number of piperazine rings is 1. The molecule has 0 aliphatic carbocycles. The molecule has 1 heterocycles. The van der Waals surface area contributed by atoms with Gasteiger partial charge in [0, 0.05) is 13.1 Å². The SMILES string of the molecule is CC[N+]1(CC)CCN(C(c2ccccc2)c2cccc(C)c2)CC1.[I-]. The second-order valence-corrected chi connectivity index (χ2v) is 7.18. The topological polar surface area (TPSA) is 3.24 Å². The van der Waals surface area contributed by atoms with Crippen LogP contribution in [0.15, 0.2) is 54.6 Å². The minimum atomic E-state index is 0. The Hall–Kier alpha value is -0.910. The molecule has 2 nitrogen and oxygen atoms in total. The molecule has 1 unspecified atom stereocenters. The van der Waals surface area contributed by atoms with Gasteiger partial charge in [0.15, 0.2) is 0 Å².